The molecule has 0 aliphatic carbocycles. The van der Waals surface area contributed by atoms with Gasteiger partial charge in [-0.2, -0.15) is 0 Å². The average Bonchev–Trinajstić information content (AvgIpc) is 2.26. The van der Waals surface area contributed by atoms with Crippen LogP contribution in [-0.2, 0) is 4.79 Å². The van der Waals surface area contributed by atoms with E-state index in [1.54, 1.807) is 13.0 Å². The summed E-state index contributed by atoms with van der Waals surface area (Å²) in [6.45, 7) is 2.25. The van der Waals surface area contributed by atoms with Gasteiger partial charge in [-0.25, -0.2) is 0 Å². The molecular weight excluding hydrogens is 277 g/mol. The first-order chi connectivity index (χ1) is 8.04. The summed E-state index contributed by atoms with van der Waals surface area (Å²) >= 11 is 5.86. The summed E-state index contributed by atoms with van der Waals surface area (Å²) in [5.41, 5.74) is 6.29. The van der Waals surface area contributed by atoms with Crippen molar-refractivity contribution in [3.05, 3.63) is 28.8 Å². The minimum Gasteiger partial charge on any atom is -0.399 e. The number of halogens is 2. The van der Waals surface area contributed by atoms with Gasteiger partial charge in [-0.1, -0.05) is 11.6 Å². The van der Waals surface area contributed by atoms with Gasteiger partial charge < -0.3 is 16.4 Å². The SMILES string of the molecule is CCNC(=O)CNC(=O)c1ccc(N)cc1Cl.Cl. The Morgan fingerprint density at radius 3 is 2.56 bits per heavy atom. The van der Waals surface area contributed by atoms with E-state index in [1.165, 1.54) is 12.1 Å². The molecule has 7 heteroatoms. The van der Waals surface area contributed by atoms with Crippen LogP contribution in [0.15, 0.2) is 18.2 Å². The van der Waals surface area contributed by atoms with Gasteiger partial charge in [-0.3, -0.25) is 9.59 Å². The van der Waals surface area contributed by atoms with E-state index in [-0.39, 0.29) is 29.9 Å². The van der Waals surface area contributed by atoms with Crippen LogP contribution in [0.4, 0.5) is 5.69 Å². The number of hydrogen-bond acceptors (Lipinski definition) is 3. The number of anilines is 1. The number of amides is 2. The normalized spacial score (nSPS) is 9.22. The van der Waals surface area contributed by atoms with Crippen molar-refractivity contribution >= 4 is 41.5 Å². The molecule has 0 aliphatic rings. The quantitative estimate of drug-likeness (QED) is 0.729. The zero-order chi connectivity index (χ0) is 12.8. The van der Waals surface area contributed by atoms with E-state index < -0.39 is 5.91 Å². The average molecular weight is 292 g/mol. The highest BCUT2D eigenvalue weighted by Gasteiger charge is 2.11. The fourth-order valence-electron chi connectivity index (χ4n) is 1.23. The summed E-state index contributed by atoms with van der Waals surface area (Å²) in [6, 6.07) is 4.58. The van der Waals surface area contributed by atoms with Crippen LogP contribution in [0.5, 0.6) is 0 Å². The van der Waals surface area contributed by atoms with E-state index in [9.17, 15) is 9.59 Å². The maximum absolute atomic E-state index is 11.7. The molecule has 0 atom stereocenters. The van der Waals surface area contributed by atoms with Crippen molar-refractivity contribution in [1.82, 2.24) is 10.6 Å². The highest BCUT2D eigenvalue weighted by atomic mass is 35.5. The fourth-order valence-corrected chi connectivity index (χ4v) is 1.51. The van der Waals surface area contributed by atoms with Crippen LogP contribution < -0.4 is 16.4 Å². The molecule has 0 spiro atoms. The highest BCUT2D eigenvalue weighted by Crippen LogP contribution is 2.18. The molecular formula is C11H15Cl2N3O2. The minimum atomic E-state index is -0.402. The Morgan fingerprint density at radius 2 is 2.00 bits per heavy atom. The van der Waals surface area contributed by atoms with Crippen molar-refractivity contribution in [3.63, 3.8) is 0 Å². The molecule has 0 saturated heterocycles. The van der Waals surface area contributed by atoms with Crippen LogP contribution in [0, 0.1) is 0 Å². The molecule has 0 unspecified atom stereocenters. The molecule has 0 aliphatic heterocycles. The van der Waals surface area contributed by atoms with Gasteiger partial charge in [0.2, 0.25) is 5.91 Å². The summed E-state index contributed by atoms with van der Waals surface area (Å²) in [5, 5.41) is 5.30. The number of benzene rings is 1. The van der Waals surface area contributed by atoms with Gasteiger partial charge in [0.15, 0.2) is 0 Å². The predicted molar refractivity (Wildman–Crippen MR) is 74.1 cm³/mol. The number of nitrogen functional groups attached to an aromatic ring is 1. The van der Waals surface area contributed by atoms with Gasteiger partial charge in [0.25, 0.3) is 5.91 Å². The molecule has 4 N–H and O–H groups in total. The van der Waals surface area contributed by atoms with Crippen LogP contribution in [0.2, 0.25) is 5.02 Å². The van der Waals surface area contributed by atoms with Crippen molar-refractivity contribution in [2.45, 2.75) is 6.92 Å². The predicted octanol–water partition coefficient (Wildman–Crippen LogP) is 1.21. The second-order valence-electron chi connectivity index (χ2n) is 3.38. The van der Waals surface area contributed by atoms with Crippen molar-refractivity contribution in [1.29, 1.82) is 0 Å². The fraction of sp³-hybridized carbons (Fsp3) is 0.273. The topological polar surface area (TPSA) is 84.2 Å². The van der Waals surface area contributed by atoms with Crippen molar-refractivity contribution in [2.24, 2.45) is 0 Å². The number of nitrogens with one attached hydrogen (secondary N) is 2. The lowest BCUT2D eigenvalue weighted by atomic mass is 10.2. The minimum absolute atomic E-state index is 0. The molecule has 0 fully saturated rings. The molecule has 0 heterocycles. The Balaban J connectivity index is 0.00000289. The van der Waals surface area contributed by atoms with E-state index in [4.69, 9.17) is 17.3 Å². The number of hydrogen-bond donors (Lipinski definition) is 3. The van der Waals surface area contributed by atoms with Crippen LogP contribution in [0.25, 0.3) is 0 Å². The van der Waals surface area contributed by atoms with E-state index in [1.807, 2.05) is 0 Å². The van der Waals surface area contributed by atoms with Gasteiger partial charge >= 0.3 is 0 Å². The molecule has 2 amide bonds. The number of carbonyl (C=O) groups excluding carboxylic acids is 2. The smallest absolute Gasteiger partial charge is 0.253 e. The standard InChI is InChI=1S/C11H14ClN3O2.ClH/c1-2-14-10(16)6-15-11(17)8-4-3-7(13)5-9(8)12;/h3-5H,2,6,13H2,1H3,(H,14,16)(H,15,17);1H. The van der Waals surface area contributed by atoms with Gasteiger partial charge in [0.05, 0.1) is 17.1 Å². The third kappa shape index (κ3) is 4.81. The molecule has 0 aromatic heterocycles. The maximum Gasteiger partial charge on any atom is 0.253 e. The first-order valence-corrected chi connectivity index (χ1v) is 5.52. The largest absolute Gasteiger partial charge is 0.399 e. The summed E-state index contributed by atoms with van der Waals surface area (Å²) in [7, 11) is 0. The first-order valence-electron chi connectivity index (χ1n) is 5.14. The van der Waals surface area contributed by atoms with Crippen LogP contribution in [0.1, 0.15) is 17.3 Å². The Bertz CT molecular complexity index is 438. The molecule has 0 bridgehead atoms. The third-order valence-corrected chi connectivity index (χ3v) is 2.33. The van der Waals surface area contributed by atoms with E-state index in [2.05, 4.69) is 10.6 Å². The molecule has 0 saturated carbocycles. The molecule has 1 rings (SSSR count). The van der Waals surface area contributed by atoms with Gasteiger partial charge in [0.1, 0.15) is 0 Å². The van der Waals surface area contributed by atoms with Gasteiger partial charge in [-0.15, -0.1) is 12.4 Å². The highest BCUT2D eigenvalue weighted by molar-refractivity contribution is 6.34. The number of nitrogens with two attached hydrogens (primary N) is 1. The molecule has 5 nitrogen and oxygen atoms in total. The summed E-state index contributed by atoms with van der Waals surface area (Å²) < 4.78 is 0. The van der Waals surface area contributed by atoms with Gasteiger partial charge in [0, 0.05) is 12.2 Å². The molecule has 0 radical (unpaired) electrons. The third-order valence-electron chi connectivity index (χ3n) is 2.02. The van der Waals surface area contributed by atoms with Crippen molar-refractivity contribution < 1.29 is 9.59 Å². The Labute approximate surface area is 116 Å². The summed E-state index contributed by atoms with van der Waals surface area (Å²) in [5.74, 6) is -0.645. The number of likely N-dealkylation sites (N-methyl/N-ethyl adjacent to an activating group) is 1. The lowest BCUT2D eigenvalue weighted by Crippen LogP contribution is -2.36. The van der Waals surface area contributed by atoms with E-state index in [0.717, 1.165) is 0 Å². The maximum atomic E-state index is 11.7. The lowest BCUT2D eigenvalue weighted by molar-refractivity contribution is -0.120. The summed E-state index contributed by atoms with van der Waals surface area (Å²) in [4.78, 5) is 22.8. The zero-order valence-electron chi connectivity index (χ0n) is 9.83. The van der Waals surface area contributed by atoms with Crippen LogP contribution in [0.3, 0.4) is 0 Å². The second-order valence-corrected chi connectivity index (χ2v) is 3.78. The van der Waals surface area contributed by atoms with Crippen LogP contribution in [-0.4, -0.2) is 24.9 Å². The zero-order valence-corrected chi connectivity index (χ0v) is 11.4. The number of rotatable bonds is 4. The number of carbonyl (C=O) groups is 2. The summed E-state index contributed by atoms with van der Waals surface area (Å²) in [6.07, 6.45) is 0. The monoisotopic (exact) mass is 291 g/mol. The Morgan fingerprint density at radius 1 is 1.33 bits per heavy atom. The van der Waals surface area contributed by atoms with Crippen LogP contribution >= 0.6 is 24.0 Å². The van der Waals surface area contributed by atoms with Crippen molar-refractivity contribution in [3.8, 4) is 0 Å². The molecule has 18 heavy (non-hydrogen) atoms. The Kier molecular flexibility index (Phi) is 7.16. The van der Waals surface area contributed by atoms with Crippen molar-refractivity contribution in [2.75, 3.05) is 18.8 Å². The molecule has 100 valence electrons. The Hall–Kier alpha value is -1.46. The second kappa shape index (κ2) is 7.79. The van der Waals surface area contributed by atoms with Gasteiger partial charge in [-0.05, 0) is 25.1 Å². The lowest BCUT2D eigenvalue weighted by Gasteiger charge is -2.07. The van der Waals surface area contributed by atoms with E-state index >= 15 is 0 Å². The molecule has 1 aromatic rings. The molecule has 1 aromatic carbocycles. The first kappa shape index (κ1) is 16.5. The van der Waals surface area contributed by atoms with E-state index in [0.29, 0.717) is 17.8 Å².